The Morgan fingerprint density at radius 2 is 1.71 bits per heavy atom. The molecule has 3 aromatic rings. The topological polar surface area (TPSA) is 109 Å². The third-order valence-electron chi connectivity index (χ3n) is 4.95. The van der Waals surface area contributed by atoms with E-state index in [1.807, 2.05) is 50.2 Å². The minimum Gasteiger partial charge on any atom is -0.483 e. The van der Waals surface area contributed by atoms with E-state index >= 15 is 0 Å². The van der Waals surface area contributed by atoms with Crippen molar-refractivity contribution in [1.82, 2.24) is 5.43 Å². The minimum absolute atomic E-state index is 0.220. The first kappa shape index (κ1) is 25.6. The molecule has 0 spiro atoms. The molecule has 8 nitrogen and oxygen atoms in total. The van der Waals surface area contributed by atoms with E-state index in [1.165, 1.54) is 6.21 Å². The number of rotatable bonds is 8. The van der Waals surface area contributed by atoms with Gasteiger partial charge in [0.2, 0.25) is 0 Å². The fourth-order valence-electron chi connectivity index (χ4n) is 3.02. The van der Waals surface area contributed by atoms with Gasteiger partial charge < -0.3 is 15.4 Å². The summed E-state index contributed by atoms with van der Waals surface area (Å²) in [6, 6.07) is 19.8. The first-order valence-electron chi connectivity index (χ1n) is 10.9. The molecule has 3 amide bonds. The lowest BCUT2D eigenvalue weighted by Gasteiger charge is -2.11. The summed E-state index contributed by atoms with van der Waals surface area (Å²) in [6.45, 7) is 3.71. The van der Waals surface area contributed by atoms with Gasteiger partial charge in [-0.1, -0.05) is 53.2 Å². The molecule has 0 heterocycles. The van der Waals surface area contributed by atoms with Gasteiger partial charge in [0.25, 0.3) is 5.91 Å². The molecule has 0 saturated carbocycles. The van der Waals surface area contributed by atoms with Crippen molar-refractivity contribution in [3.8, 4) is 5.75 Å². The van der Waals surface area contributed by atoms with Crippen molar-refractivity contribution in [1.29, 1.82) is 0 Å². The fourth-order valence-corrected chi connectivity index (χ4v) is 3.40. The smallest absolute Gasteiger partial charge is 0.329 e. The molecule has 180 valence electrons. The predicted molar refractivity (Wildman–Crippen MR) is 140 cm³/mol. The van der Waals surface area contributed by atoms with Gasteiger partial charge in [-0.05, 0) is 60.9 Å². The number of halogens is 1. The number of amides is 3. The number of ether oxygens (including phenoxy) is 1. The van der Waals surface area contributed by atoms with Crippen molar-refractivity contribution < 1.29 is 19.1 Å². The number of benzene rings is 3. The molecule has 3 N–H and O–H groups in total. The molecule has 35 heavy (non-hydrogen) atoms. The summed E-state index contributed by atoms with van der Waals surface area (Å²) < 4.78 is 6.40. The number of anilines is 2. The van der Waals surface area contributed by atoms with Crippen LogP contribution in [0.15, 0.2) is 76.3 Å². The molecule has 0 radical (unpaired) electrons. The second kappa shape index (κ2) is 12.5. The average Bonchev–Trinajstić information content (AvgIpc) is 2.85. The summed E-state index contributed by atoms with van der Waals surface area (Å²) in [4.78, 5) is 36.5. The van der Waals surface area contributed by atoms with Gasteiger partial charge in [0, 0.05) is 21.4 Å². The number of hydrogen-bond acceptors (Lipinski definition) is 5. The molecule has 0 bridgehead atoms. The molecular weight excluding hydrogens is 512 g/mol. The molecule has 0 atom stereocenters. The van der Waals surface area contributed by atoms with Crippen molar-refractivity contribution in [3.05, 3.63) is 87.9 Å². The van der Waals surface area contributed by atoms with Gasteiger partial charge in [-0.2, -0.15) is 5.10 Å². The van der Waals surface area contributed by atoms with Crippen LogP contribution >= 0.6 is 15.9 Å². The van der Waals surface area contributed by atoms with Gasteiger partial charge in [-0.25, -0.2) is 5.43 Å². The van der Waals surface area contributed by atoms with Gasteiger partial charge in [0.15, 0.2) is 6.61 Å². The second-order valence-corrected chi connectivity index (χ2v) is 8.45. The lowest BCUT2D eigenvalue weighted by molar-refractivity contribution is -0.136. The van der Waals surface area contributed by atoms with Crippen LogP contribution in [-0.4, -0.2) is 30.5 Å². The maximum Gasteiger partial charge on any atom is 0.329 e. The first-order valence-corrected chi connectivity index (χ1v) is 11.7. The Kier molecular flexibility index (Phi) is 9.14. The van der Waals surface area contributed by atoms with E-state index < -0.39 is 11.8 Å². The van der Waals surface area contributed by atoms with Crippen molar-refractivity contribution in [3.63, 3.8) is 0 Å². The van der Waals surface area contributed by atoms with Crippen LogP contribution in [0.3, 0.4) is 0 Å². The van der Waals surface area contributed by atoms with E-state index in [0.717, 1.165) is 22.0 Å². The highest BCUT2D eigenvalue weighted by Crippen LogP contribution is 2.22. The number of nitrogens with one attached hydrogen (secondary N) is 3. The number of carbonyl (C=O) groups is 3. The molecular formula is C26H25BrN4O4. The van der Waals surface area contributed by atoms with Gasteiger partial charge in [-0.15, -0.1) is 0 Å². The molecule has 0 aliphatic heterocycles. The highest BCUT2D eigenvalue weighted by atomic mass is 79.9. The maximum absolute atomic E-state index is 12.3. The molecule has 0 aliphatic carbocycles. The van der Waals surface area contributed by atoms with E-state index in [1.54, 1.807) is 30.3 Å². The molecule has 0 aliphatic rings. The highest BCUT2D eigenvalue weighted by Gasteiger charge is 2.13. The summed E-state index contributed by atoms with van der Waals surface area (Å²) in [6.07, 6.45) is 2.21. The number of aryl methyl sites for hydroxylation is 2. The predicted octanol–water partition coefficient (Wildman–Crippen LogP) is 4.43. The molecule has 0 unspecified atom stereocenters. The molecule has 3 aromatic carbocycles. The van der Waals surface area contributed by atoms with Gasteiger partial charge in [0.1, 0.15) is 5.75 Å². The summed E-state index contributed by atoms with van der Waals surface area (Å²) >= 11 is 3.37. The first-order chi connectivity index (χ1) is 16.9. The molecule has 3 rings (SSSR count). The SMILES string of the molecule is CCc1ccc(NC(=O)C(=O)N/N=C\c2cc(Br)ccc2OCC(=O)Nc2ccccc2C)cc1. The summed E-state index contributed by atoms with van der Waals surface area (Å²) in [5, 5.41) is 9.17. The second-order valence-electron chi connectivity index (χ2n) is 7.54. The van der Waals surface area contributed by atoms with Crippen LogP contribution in [0.25, 0.3) is 0 Å². The average molecular weight is 537 g/mol. The zero-order chi connectivity index (χ0) is 25.2. The van der Waals surface area contributed by atoms with Crippen molar-refractivity contribution in [2.24, 2.45) is 5.10 Å². The van der Waals surface area contributed by atoms with E-state index in [2.05, 4.69) is 37.1 Å². The molecule has 0 saturated heterocycles. The van der Waals surface area contributed by atoms with Crippen molar-refractivity contribution >= 4 is 51.2 Å². The van der Waals surface area contributed by atoms with Crippen LogP contribution in [0.2, 0.25) is 0 Å². The Morgan fingerprint density at radius 3 is 2.43 bits per heavy atom. The van der Waals surface area contributed by atoms with Crippen LogP contribution < -0.4 is 20.8 Å². The summed E-state index contributed by atoms with van der Waals surface area (Å²) in [5.74, 6) is -1.70. The van der Waals surface area contributed by atoms with Crippen LogP contribution in [0.1, 0.15) is 23.6 Å². The Labute approximate surface area is 211 Å². The summed E-state index contributed by atoms with van der Waals surface area (Å²) in [7, 11) is 0. The number of hydrogen-bond donors (Lipinski definition) is 3. The molecule has 9 heteroatoms. The zero-order valence-electron chi connectivity index (χ0n) is 19.3. The molecule has 0 fully saturated rings. The van der Waals surface area contributed by atoms with E-state index in [0.29, 0.717) is 22.7 Å². The lowest BCUT2D eigenvalue weighted by atomic mass is 10.1. The van der Waals surface area contributed by atoms with Crippen molar-refractivity contribution in [2.45, 2.75) is 20.3 Å². The van der Waals surface area contributed by atoms with E-state index in [-0.39, 0.29) is 12.5 Å². The number of nitrogens with zero attached hydrogens (tertiary/aromatic N) is 1. The van der Waals surface area contributed by atoms with Crippen LogP contribution in [-0.2, 0) is 20.8 Å². The standard InChI is InChI=1S/C26H25BrN4O4/c1-3-18-8-11-21(12-9-18)29-25(33)26(34)31-28-15-19-14-20(27)10-13-23(19)35-16-24(32)30-22-7-5-4-6-17(22)2/h4-15H,3,16H2,1-2H3,(H,29,33)(H,30,32)(H,31,34)/b28-15-. The fraction of sp³-hybridized carbons (Fsp3) is 0.154. The number of hydrazone groups is 1. The zero-order valence-corrected chi connectivity index (χ0v) is 20.9. The lowest BCUT2D eigenvalue weighted by Crippen LogP contribution is -2.32. The van der Waals surface area contributed by atoms with Gasteiger partial charge >= 0.3 is 11.8 Å². The van der Waals surface area contributed by atoms with E-state index in [4.69, 9.17) is 4.74 Å². The third kappa shape index (κ3) is 7.79. The van der Waals surface area contributed by atoms with Crippen LogP contribution in [0.4, 0.5) is 11.4 Å². The Morgan fingerprint density at radius 1 is 0.971 bits per heavy atom. The van der Waals surface area contributed by atoms with Crippen LogP contribution in [0, 0.1) is 6.92 Å². The minimum atomic E-state index is -0.920. The van der Waals surface area contributed by atoms with Crippen LogP contribution in [0.5, 0.6) is 5.75 Å². The Balaban J connectivity index is 1.57. The monoisotopic (exact) mass is 536 g/mol. The van der Waals surface area contributed by atoms with Crippen molar-refractivity contribution in [2.75, 3.05) is 17.2 Å². The molecule has 0 aromatic heterocycles. The third-order valence-corrected chi connectivity index (χ3v) is 5.44. The van der Waals surface area contributed by atoms with Gasteiger partial charge in [0.05, 0.1) is 6.21 Å². The highest BCUT2D eigenvalue weighted by molar-refractivity contribution is 9.10. The Hall–Kier alpha value is -3.98. The maximum atomic E-state index is 12.3. The van der Waals surface area contributed by atoms with Gasteiger partial charge in [-0.3, -0.25) is 14.4 Å². The quantitative estimate of drug-likeness (QED) is 0.225. The normalized spacial score (nSPS) is 10.6. The summed E-state index contributed by atoms with van der Waals surface area (Å²) in [5.41, 5.74) is 5.97. The number of para-hydroxylation sites is 1. The largest absolute Gasteiger partial charge is 0.483 e. The Bertz CT molecular complexity index is 1240. The number of carbonyl (C=O) groups excluding carboxylic acids is 3. The van der Waals surface area contributed by atoms with E-state index in [9.17, 15) is 14.4 Å².